The number of aliphatic carboxylic acids is 1. The van der Waals surface area contributed by atoms with Crippen LogP contribution >= 0.6 is 15.9 Å². The molecule has 1 aliphatic heterocycles. The number of carbonyl (C=O) groups excluding carboxylic acids is 1. The molecule has 116 valence electrons. The largest absolute Gasteiger partial charge is 0.481 e. The lowest BCUT2D eigenvalue weighted by Crippen LogP contribution is -2.47. The molecular weight excluding hydrogens is 336 g/mol. The van der Waals surface area contributed by atoms with Crippen LogP contribution in [0.3, 0.4) is 0 Å². The number of nitrogens with zero attached hydrogens (tertiary/aromatic N) is 2. The highest BCUT2D eigenvalue weighted by molar-refractivity contribution is 9.10. The Morgan fingerprint density at radius 3 is 2.62 bits per heavy atom. The van der Waals surface area contributed by atoms with E-state index >= 15 is 0 Å². The molecule has 5 nitrogen and oxygen atoms in total. The molecule has 1 amide bonds. The van der Waals surface area contributed by atoms with Crippen molar-refractivity contribution in [1.29, 1.82) is 0 Å². The molecule has 1 aromatic rings. The van der Waals surface area contributed by atoms with E-state index in [2.05, 4.69) is 15.9 Å². The summed E-state index contributed by atoms with van der Waals surface area (Å²) < 4.78 is 2.78. The van der Waals surface area contributed by atoms with Crippen molar-refractivity contribution in [2.45, 2.75) is 45.7 Å². The Hall–Kier alpha value is -1.30. The van der Waals surface area contributed by atoms with Crippen molar-refractivity contribution in [3.63, 3.8) is 0 Å². The molecule has 0 spiro atoms. The van der Waals surface area contributed by atoms with E-state index < -0.39 is 11.9 Å². The molecule has 0 bridgehead atoms. The highest BCUT2D eigenvalue weighted by Crippen LogP contribution is 2.26. The molecule has 0 radical (unpaired) electrons. The second-order valence-electron chi connectivity index (χ2n) is 5.96. The van der Waals surface area contributed by atoms with Gasteiger partial charge in [-0.1, -0.05) is 0 Å². The fraction of sp³-hybridized carbons (Fsp3) is 0.600. The lowest BCUT2D eigenvalue weighted by atomic mass is 9.93. The number of rotatable bonds is 3. The van der Waals surface area contributed by atoms with Gasteiger partial charge in [-0.15, -0.1) is 0 Å². The number of carboxylic acid groups (broad SMARTS) is 1. The molecule has 21 heavy (non-hydrogen) atoms. The minimum atomic E-state index is -0.819. The number of likely N-dealkylation sites (tertiary alicyclic amines) is 1. The molecule has 2 rings (SSSR count). The first-order valence-electron chi connectivity index (χ1n) is 7.22. The molecule has 1 fully saturated rings. The van der Waals surface area contributed by atoms with E-state index in [1.807, 2.05) is 31.5 Å². The van der Waals surface area contributed by atoms with Gasteiger partial charge in [0.05, 0.1) is 5.92 Å². The fourth-order valence-electron chi connectivity index (χ4n) is 2.78. The van der Waals surface area contributed by atoms with E-state index in [0.717, 1.165) is 10.9 Å². The van der Waals surface area contributed by atoms with Gasteiger partial charge in [-0.2, -0.15) is 0 Å². The van der Waals surface area contributed by atoms with Crippen LogP contribution in [-0.4, -0.2) is 39.0 Å². The molecule has 1 N–H and O–H groups in total. The quantitative estimate of drug-likeness (QED) is 0.904. The number of aromatic nitrogens is 1. The molecule has 1 saturated heterocycles. The number of piperidine rings is 1. The Bertz CT molecular complexity index is 553. The fourth-order valence-corrected chi connectivity index (χ4v) is 3.22. The zero-order chi connectivity index (χ0) is 15.7. The third-order valence-corrected chi connectivity index (χ3v) is 4.52. The van der Waals surface area contributed by atoms with Gasteiger partial charge >= 0.3 is 5.97 Å². The van der Waals surface area contributed by atoms with Crippen LogP contribution in [0, 0.1) is 5.92 Å². The lowest BCUT2D eigenvalue weighted by Gasteiger charge is -2.36. The highest BCUT2D eigenvalue weighted by atomic mass is 79.9. The van der Waals surface area contributed by atoms with Crippen LogP contribution in [-0.2, 0) is 4.79 Å². The van der Waals surface area contributed by atoms with Crippen LogP contribution in [0.1, 0.15) is 50.1 Å². The second-order valence-corrected chi connectivity index (χ2v) is 6.88. The van der Waals surface area contributed by atoms with E-state index in [9.17, 15) is 14.7 Å². The number of carboxylic acids is 1. The van der Waals surface area contributed by atoms with Crippen LogP contribution in [0.4, 0.5) is 0 Å². The van der Waals surface area contributed by atoms with Gasteiger partial charge in [-0.05, 0) is 55.6 Å². The summed E-state index contributed by atoms with van der Waals surface area (Å²) >= 11 is 3.41. The SMILES string of the molecule is CC1CCC(C(=O)O)CN1C(=O)c1cc(Br)cn1C(C)C. The van der Waals surface area contributed by atoms with E-state index in [4.69, 9.17) is 0 Å². The number of carbonyl (C=O) groups is 2. The minimum Gasteiger partial charge on any atom is -0.481 e. The van der Waals surface area contributed by atoms with Gasteiger partial charge in [0.25, 0.3) is 5.91 Å². The van der Waals surface area contributed by atoms with Gasteiger partial charge in [0.15, 0.2) is 0 Å². The molecule has 1 aliphatic rings. The predicted octanol–water partition coefficient (Wildman–Crippen LogP) is 3.16. The summed E-state index contributed by atoms with van der Waals surface area (Å²) in [5, 5.41) is 9.19. The van der Waals surface area contributed by atoms with Crippen molar-refractivity contribution in [3.05, 3.63) is 22.4 Å². The average Bonchev–Trinajstić information content (AvgIpc) is 2.80. The van der Waals surface area contributed by atoms with Gasteiger partial charge < -0.3 is 14.6 Å². The van der Waals surface area contributed by atoms with Crippen molar-refractivity contribution < 1.29 is 14.7 Å². The van der Waals surface area contributed by atoms with Crippen molar-refractivity contribution in [2.24, 2.45) is 5.92 Å². The molecule has 0 aromatic carbocycles. The first kappa shape index (κ1) is 16.1. The first-order valence-corrected chi connectivity index (χ1v) is 8.01. The zero-order valence-electron chi connectivity index (χ0n) is 12.5. The Morgan fingerprint density at radius 1 is 1.38 bits per heavy atom. The van der Waals surface area contributed by atoms with E-state index in [-0.39, 0.29) is 24.5 Å². The smallest absolute Gasteiger partial charge is 0.308 e. The maximum Gasteiger partial charge on any atom is 0.308 e. The molecule has 0 saturated carbocycles. The topological polar surface area (TPSA) is 62.5 Å². The monoisotopic (exact) mass is 356 g/mol. The molecule has 0 aliphatic carbocycles. The summed E-state index contributed by atoms with van der Waals surface area (Å²) in [4.78, 5) is 25.7. The standard InChI is InChI=1S/C15H21BrN2O3/c1-9(2)17-8-12(16)6-13(17)14(19)18-7-11(15(20)21)5-4-10(18)3/h6,8-11H,4-5,7H2,1-3H3,(H,20,21). The van der Waals surface area contributed by atoms with Crippen LogP contribution in [0.2, 0.25) is 0 Å². The van der Waals surface area contributed by atoms with E-state index in [1.54, 1.807) is 11.0 Å². The Morgan fingerprint density at radius 2 is 2.05 bits per heavy atom. The Balaban J connectivity index is 2.27. The molecule has 1 aromatic heterocycles. The first-order chi connectivity index (χ1) is 9.81. The minimum absolute atomic E-state index is 0.0717. The summed E-state index contributed by atoms with van der Waals surface area (Å²) in [6.07, 6.45) is 3.25. The molecule has 6 heteroatoms. The predicted molar refractivity (Wildman–Crippen MR) is 83.4 cm³/mol. The number of hydrogen-bond donors (Lipinski definition) is 1. The Labute approximate surface area is 133 Å². The maximum atomic E-state index is 12.8. The van der Waals surface area contributed by atoms with Crippen LogP contribution < -0.4 is 0 Å². The van der Waals surface area contributed by atoms with Gasteiger partial charge in [-0.25, -0.2) is 0 Å². The number of halogens is 1. The van der Waals surface area contributed by atoms with Gasteiger partial charge in [0.2, 0.25) is 0 Å². The summed E-state index contributed by atoms with van der Waals surface area (Å²) in [6.45, 7) is 6.30. The van der Waals surface area contributed by atoms with E-state index in [0.29, 0.717) is 12.1 Å². The van der Waals surface area contributed by atoms with Crippen LogP contribution in [0.5, 0.6) is 0 Å². The summed E-state index contributed by atoms with van der Waals surface area (Å²) in [7, 11) is 0. The van der Waals surface area contributed by atoms with Gasteiger partial charge in [0.1, 0.15) is 5.69 Å². The highest BCUT2D eigenvalue weighted by Gasteiger charge is 2.34. The number of amides is 1. The van der Waals surface area contributed by atoms with Crippen LogP contribution in [0.15, 0.2) is 16.7 Å². The average molecular weight is 357 g/mol. The summed E-state index contributed by atoms with van der Waals surface area (Å²) in [5.74, 6) is -1.37. The van der Waals surface area contributed by atoms with Crippen molar-refractivity contribution in [3.8, 4) is 0 Å². The van der Waals surface area contributed by atoms with Crippen molar-refractivity contribution in [2.75, 3.05) is 6.54 Å². The maximum absolute atomic E-state index is 12.8. The molecular formula is C15H21BrN2O3. The van der Waals surface area contributed by atoms with Crippen LogP contribution in [0.25, 0.3) is 0 Å². The molecule has 2 heterocycles. The van der Waals surface area contributed by atoms with Gasteiger partial charge in [-0.3, -0.25) is 9.59 Å². The van der Waals surface area contributed by atoms with Crippen molar-refractivity contribution in [1.82, 2.24) is 9.47 Å². The zero-order valence-corrected chi connectivity index (χ0v) is 14.1. The lowest BCUT2D eigenvalue weighted by molar-refractivity contribution is -0.143. The molecule has 2 unspecified atom stereocenters. The van der Waals surface area contributed by atoms with E-state index in [1.165, 1.54) is 0 Å². The van der Waals surface area contributed by atoms with Gasteiger partial charge in [0, 0.05) is 29.3 Å². The summed E-state index contributed by atoms with van der Waals surface area (Å²) in [5.41, 5.74) is 0.606. The third-order valence-electron chi connectivity index (χ3n) is 4.08. The summed E-state index contributed by atoms with van der Waals surface area (Å²) in [6, 6.07) is 2.05. The molecule has 2 atom stereocenters. The normalized spacial score (nSPS) is 22.6. The number of hydrogen-bond acceptors (Lipinski definition) is 2. The Kier molecular flexibility index (Phi) is 4.76. The van der Waals surface area contributed by atoms with Crippen molar-refractivity contribution >= 4 is 27.8 Å². The third kappa shape index (κ3) is 3.31. The second kappa shape index (κ2) is 6.22.